The van der Waals surface area contributed by atoms with Gasteiger partial charge in [-0.15, -0.1) is 0 Å². The molecule has 1 heterocycles. The molecule has 0 bridgehead atoms. The first-order valence-electron chi connectivity index (χ1n) is 11.0. The van der Waals surface area contributed by atoms with Gasteiger partial charge < -0.3 is 15.2 Å². The lowest BCUT2D eigenvalue weighted by atomic mass is 9.87. The highest BCUT2D eigenvalue weighted by Gasteiger charge is 2.37. The number of benzene rings is 2. The number of aromatic nitrogens is 1. The van der Waals surface area contributed by atoms with Gasteiger partial charge in [-0.3, -0.25) is 4.79 Å². The SMILES string of the molecule is O=C(Cn1cc(CNC2(c3ccccc3F)CCCC2)c2ccccc21)NC1CC1. The van der Waals surface area contributed by atoms with Crippen LogP contribution in [-0.4, -0.2) is 16.5 Å². The minimum absolute atomic E-state index is 0.0661. The maximum atomic E-state index is 14.6. The number of carbonyl (C=O) groups excluding carboxylic acids is 1. The lowest BCUT2D eigenvalue weighted by molar-refractivity contribution is -0.121. The number of halogens is 1. The quantitative estimate of drug-likeness (QED) is 0.603. The van der Waals surface area contributed by atoms with E-state index in [9.17, 15) is 9.18 Å². The Bertz CT molecular complexity index is 1060. The van der Waals surface area contributed by atoms with Crippen LogP contribution >= 0.6 is 0 Å². The summed E-state index contributed by atoms with van der Waals surface area (Å²) < 4.78 is 16.7. The van der Waals surface area contributed by atoms with Crippen molar-refractivity contribution >= 4 is 16.8 Å². The highest BCUT2D eigenvalue weighted by molar-refractivity contribution is 5.86. The molecule has 0 radical (unpaired) electrons. The predicted octanol–water partition coefficient (Wildman–Crippen LogP) is 4.62. The average Bonchev–Trinajstić information content (AvgIpc) is 3.31. The van der Waals surface area contributed by atoms with E-state index < -0.39 is 0 Å². The van der Waals surface area contributed by atoms with E-state index in [0.29, 0.717) is 19.1 Å². The van der Waals surface area contributed by atoms with Crippen LogP contribution in [0.2, 0.25) is 0 Å². The van der Waals surface area contributed by atoms with Crippen molar-refractivity contribution in [3.8, 4) is 0 Å². The molecule has 2 saturated carbocycles. The lowest BCUT2D eigenvalue weighted by Gasteiger charge is -2.31. The molecule has 30 heavy (non-hydrogen) atoms. The number of fused-ring (bicyclic) bond motifs is 1. The summed E-state index contributed by atoms with van der Waals surface area (Å²) in [5, 5.41) is 7.93. The zero-order valence-electron chi connectivity index (χ0n) is 17.2. The van der Waals surface area contributed by atoms with Gasteiger partial charge in [-0.25, -0.2) is 4.39 Å². The number of hydrogen-bond acceptors (Lipinski definition) is 2. The van der Waals surface area contributed by atoms with Gasteiger partial charge in [-0.05, 0) is 43.4 Å². The van der Waals surface area contributed by atoms with E-state index in [1.165, 1.54) is 0 Å². The molecular formula is C25H28FN3O. The van der Waals surface area contributed by atoms with Crippen LogP contribution in [-0.2, 0) is 23.4 Å². The minimum Gasteiger partial charge on any atom is -0.352 e. The van der Waals surface area contributed by atoms with E-state index in [1.807, 2.05) is 28.8 Å². The highest BCUT2D eigenvalue weighted by atomic mass is 19.1. The molecule has 5 rings (SSSR count). The van der Waals surface area contributed by atoms with Crippen LogP contribution in [0.5, 0.6) is 0 Å². The third-order valence-electron chi connectivity index (χ3n) is 6.59. The van der Waals surface area contributed by atoms with Gasteiger partial charge >= 0.3 is 0 Å². The number of para-hydroxylation sites is 1. The van der Waals surface area contributed by atoms with Crippen molar-refractivity contribution in [2.24, 2.45) is 0 Å². The molecule has 1 amide bonds. The monoisotopic (exact) mass is 405 g/mol. The first kappa shape index (κ1) is 19.3. The second kappa shape index (κ2) is 7.88. The molecule has 0 unspecified atom stereocenters. The molecule has 5 heteroatoms. The summed E-state index contributed by atoms with van der Waals surface area (Å²) in [7, 11) is 0. The molecule has 0 saturated heterocycles. The van der Waals surface area contributed by atoms with E-state index >= 15 is 0 Å². The molecule has 0 aliphatic heterocycles. The second-order valence-electron chi connectivity index (χ2n) is 8.76. The van der Waals surface area contributed by atoms with E-state index in [2.05, 4.69) is 29.0 Å². The van der Waals surface area contributed by atoms with E-state index in [4.69, 9.17) is 0 Å². The molecule has 2 aliphatic carbocycles. The molecule has 1 aromatic heterocycles. The number of nitrogens with zero attached hydrogens (tertiary/aromatic N) is 1. The van der Waals surface area contributed by atoms with Gasteiger partial charge in [-0.2, -0.15) is 0 Å². The Balaban J connectivity index is 1.41. The highest BCUT2D eigenvalue weighted by Crippen LogP contribution is 2.40. The third-order valence-corrected chi connectivity index (χ3v) is 6.59. The van der Waals surface area contributed by atoms with E-state index in [-0.39, 0.29) is 17.3 Å². The Morgan fingerprint density at radius 1 is 1.07 bits per heavy atom. The maximum Gasteiger partial charge on any atom is 0.240 e. The number of carbonyl (C=O) groups is 1. The molecule has 2 aromatic carbocycles. The Morgan fingerprint density at radius 3 is 2.57 bits per heavy atom. The standard InChI is InChI=1S/C25H28FN3O/c26-22-9-3-2-8-21(22)25(13-5-6-14-25)27-15-18-16-29(17-24(30)28-19-11-12-19)23-10-4-1-7-20(18)23/h1-4,7-10,16,19,27H,5-6,11-15,17H2,(H,28,30). The van der Waals surface area contributed by atoms with Crippen molar-refractivity contribution < 1.29 is 9.18 Å². The lowest BCUT2D eigenvalue weighted by Crippen LogP contribution is -2.40. The summed E-state index contributed by atoms with van der Waals surface area (Å²) in [6.45, 7) is 0.974. The van der Waals surface area contributed by atoms with Crippen molar-refractivity contribution in [3.05, 3.63) is 71.7 Å². The van der Waals surface area contributed by atoms with Crippen LogP contribution in [0, 0.1) is 5.82 Å². The van der Waals surface area contributed by atoms with Crippen LogP contribution in [0.3, 0.4) is 0 Å². The van der Waals surface area contributed by atoms with Crippen molar-refractivity contribution in [2.45, 2.75) is 63.2 Å². The van der Waals surface area contributed by atoms with Crippen molar-refractivity contribution in [2.75, 3.05) is 0 Å². The minimum atomic E-state index is -0.322. The van der Waals surface area contributed by atoms with Crippen LogP contribution in [0.4, 0.5) is 4.39 Å². The molecular weight excluding hydrogens is 377 g/mol. The Morgan fingerprint density at radius 2 is 1.80 bits per heavy atom. The first-order chi connectivity index (χ1) is 14.6. The maximum absolute atomic E-state index is 14.6. The Hall–Kier alpha value is -2.66. The van der Waals surface area contributed by atoms with Gasteiger partial charge in [0.1, 0.15) is 12.4 Å². The van der Waals surface area contributed by atoms with Crippen LogP contribution in [0.1, 0.15) is 49.7 Å². The third kappa shape index (κ3) is 3.74. The molecule has 2 aliphatic rings. The fourth-order valence-electron chi connectivity index (χ4n) is 4.88. The largest absolute Gasteiger partial charge is 0.352 e. The van der Waals surface area contributed by atoms with Crippen LogP contribution in [0.15, 0.2) is 54.7 Å². The summed E-state index contributed by atoms with van der Waals surface area (Å²) in [6.07, 6.45) is 8.34. The Kier molecular flexibility index (Phi) is 5.07. The zero-order chi connectivity index (χ0) is 20.6. The second-order valence-corrected chi connectivity index (χ2v) is 8.76. The van der Waals surface area contributed by atoms with Gasteiger partial charge in [0.2, 0.25) is 5.91 Å². The topological polar surface area (TPSA) is 46.1 Å². The summed E-state index contributed by atoms with van der Waals surface area (Å²) >= 11 is 0. The zero-order valence-corrected chi connectivity index (χ0v) is 17.2. The van der Waals surface area contributed by atoms with Crippen LogP contribution in [0.25, 0.3) is 10.9 Å². The van der Waals surface area contributed by atoms with Crippen molar-refractivity contribution in [1.82, 2.24) is 15.2 Å². The number of nitrogens with one attached hydrogen (secondary N) is 2. The summed E-state index contributed by atoms with van der Waals surface area (Å²) in [5.41, 5.74) is 2.66. The van der Waals surface area contributed by atoms with Crippen molar-refractivity contribution in [3.63, 3.8) is 0 Å². The molecule has 2 N–H and O–H groups in total. The number of hydrogen-bond donors (Lipinski definition) is 2. The smallest absolute Gasteiger partial charge is 0.240 e. The number of amides is 1. The van der Waals surface area contributed by atoms with Gasteiger partial charge in [-0.1, -0.05) is 49.2 Å². The van der Waals surface area contributed by atoms with Gasteiger partial charge in [0.15, 0.2) is 0 Å². The molecule has 0 atom stereocenters. The first-order valence-corrected chi connectivity index (χ1v) is 11.0. The summed E-state index contributed by atoms with van der Waals surface area (Å²) in [6, 6.07) is 15.7. The fourth-order valence-corrected chi connectivity index (χ4v) is 4.88. The molecule has 156 valence electrons. The van der Waals surface area contributed by atoms with Crippen molar-refractivity contribution in [1.29, 1.82) is 0 Å². The van der Waals surface area contributed by atoms with E-state index in [1.54, 1.807) is 12.1 Å². The number of rotatable bonds is 7. The fraction of sp³-hybridized carbons (Fsp3) is 0.400. The average molecular weight is 406 g/mol. The normalized spacial score (nSPS) is 18.0. The van der Waals surface area contributed by atoms with Gasteiger partial charge in [0, 0.05) is 40.8 Å². The Labute approximate surface area is 176 Å². The molecule has 0 spiro atoms. The van der Waals surface area contributed by atoms with Gasteiger partial charge in [0.25, 0.3) is 0 Å². The van der Waals surface area contributed by atoms with E-state index in [0.717, 1.165) is 60.6 Å². The summed E-state index contributed by atoms with van der Waals surface area (Å²) in [5.74, 6) is -0.0672. The summed E-state index contributed by atoms with van der Waals surface area (Å²) in [4.78, 5) is 12.4. The van der Waals surface area contributed by atoms with Gasteiger partial charge in [0.05, 0.1) is 0 Å². The molecule has 4 nitrogen and oxygen atoms in total. The molecule has 2 fully saturated rings. The predicted molar refractivity (Wildman–Crippen MR) is 116 cm³/mol. The molecule has 3 aromatic rings. The van der Waals surface area contributed by atoms with Crippen LogP contribution < -0.4 is 10.6 Å².